The van der Waals surface area contributed by atoms with Crippen LogP contribution in [0.25, 0.3) is 0 Å². The van der Waals surface area contributed by atoms with Gasteiger partial charge in [-0.05, 0) is 50.3 Å². The van der Waals surface area contributed by atoms with Crippen LogP contribution >= 0.6 is 0 Å². The molecular weight excluding hydrogens is 302 g/mol. The number of piperidine rings is 1. The molecule has 134 valence electrons. The van der Waals surface area contributed by atoms with Crippen molar-refractivity contribution in [1.82, 2.24) is 25.3 Å². The number of rotatable bonds is 6. The van der Waals surface area contributed by atoms with Crippen molar-refractivity contribution in [1.29, 1.82) is 0 Å². The van der Waals surface area contributed by atoms with Crippen LogP contribution in [0, 0.1) is 11.8 Å². The Balaban J connectivity index is 1.45. The number of hydrogen-bond donors (Lipinski definition) is 2. The Morgan fingerprint density at radius 1 is 1.46 bits per heavy atom. The van der Waals surface area contributed by atoms with Gasteiger partial charge in [-0.25, -0.2) is 0 Å². The number of nitrogens with one attached hydrogen (secondary N) is 2. The molecule has 0 bridgehead atoms. The predicted octanol–water partition coefficient (Wildman–Crippen LogP) is 1.52. The minimum Gasteiger partial charge on any atom is -0.350 e. The van der Waals surface area contributed by atoms with Crippen LogP contribution < -0.4 is 10.6 Å². The summed E-state index contributed by atoms with van der Waals surface area (Å²) in [7, 11) is 0. The molecule has 0 aliphatic carbocycles. The maximum Gasteiger partial charge on any atom is 0.271 e. The van der Waals surface area contributed by atoms with Gasteiger partial charge in [0.15, 0.2) is 0 Å². The summed E-state index contributed by atoms with van der Waals surface area (Å²) in [6.45, 7) is 10.7. The average Bonchev–Trinajstić information content (AvgIpc) is 3.22. The molecule has 2 atom stereocenters. The highest BCUT2D eigenvalue weighted by atomic mass is 16.1. The molecule has 3 rings (SSSR count). The van der Waals surface area contributed by atoms with Gasteiger partial charge in [0.1, 0.15) is 5.69 Å². The molecule has 1 amide bonds. The van der Waals surface area contributed by atoms with Crippen molar-refractivity contribution < 1.29 is 4.79 Å². The second kappa shape index (κ2) is 8.12. The molecule has 3 heterocycles. The van der Waals surface area contributed by atoms with Crippen molar-refractivity contribution in [3.63, 3.8) is 0 Å². The number of likely N-dealkylation sites (tertiary alicyclic amines) is 1. The van der Waals surface area contributed by atoms with Gasteiger partial charge in [-0.2, -0.15) is 5.10 Å². The van der Waals surface area contributed by atoms with Crippen molar-refractivity contribution >= 4 is 5.91 Å². The van der Waals surface area contributed by atoms with E-state index >= 15 is 0 Å². The summed E-state index contributed by atoms with van der Waals surface area (Å²) in [4.78, 5) is 14.8. The van der Waals surface area contributed by atoms with Gasteiger partial charge in [0, 0.05) is 32.4 Å². The fraction of sp³-hybridized carbons (Fsp3) is 0.778. The maximum absolute atomic E-state index is 12.3. The normalized spacial score (nSPS) is 25.3. The van der Waals surface area contributed by atoms with E-state index in [1.165, 1.54) is 12.8 Å². The molecule has 2 fully saturated rings. The Morgan fingerprint density at radius 3 is 3.08 bits per heavy atom. The lowest BCUT2D eigenvalue weighted by Gasteiger charge is -2.22. The topological polar surface area (TPSA) is 62.2 Å². The minimum absolute atomic E-state index is 0.0418. The summed E-state index contributed by atoms with van der Waals surface area (Å²) >= 11 is 0. The van der Waals surface area contributed by atoms with Gasteiger partial charge >= 0.3 is 0 Å². The summed E-state index contributed by atoms with van der Waals surface area (Å²) in [5, 5.41) is 10.9. The molecule has 2 N–H and O–H groups in total. The Bertz CT molecular complexity index is 535. The van der Waals surface area contributed by atoms with E-state index in [0.717, 1.165) is 45.7 Å². The Hall–Kier alpha value is -1.40. The molecule has 2 saturated heterocycles. The SMILES string of the molecule is CC(C)CN1CCC(CNC(=O)c2ccn(C3CCCNC3)n2)C1. The van der Waals surface area contributed by atoms with Gasteiger partial charge < -0.3 is 15.5 Å². The molecule has 2 aliphatic heterocycles. The molecular formula is C18H31N5O. The van der Waals surface area contributed by atoms with Crippen molar-refractivity contribution in [3.05, 3.63) is 18.0 Å². The first-order valence-corrected chi connectivity index (χ1v) is 9.38. The highest BCUT2D eigenvalue weighted by Crippen LogP contribution is 2.17. The van der Waals surface area contributed by atoms with Gasteiger partial charge in [0.05, 0.1) is 6.04 Å². The fourth-order valence-electron chi connectivity index (χ4n) is 3.81. The van der Waals surface area contributed by atoms with Gasteiger partial charge in [-0.15, -0.1) is 0 Å². The fourth-order valence-corrected chi connectivity index (χ4v) is 3.81. The second-order valence-corrected chi connectivity index (χ2v) is 7.70. The third-order valence-corrected chi connectivity index (χ3v) is 5.03. The standard InChI is InChI=1S/C18H31N5O/c1-14(2)12-22-8-5-15(13-22)10-20-18(24)17-6-9-23(21-17)16-4-3-7-19-11-16/h6,9,14-16,19H,3-5,7-8,10-13H2,1-2H3,(H,20,24). The van der Waals surface area contributed by atoms with Crippen molar-refractivity contribution in [2.75, 3.05) is 39.3 Å². The minimum atomic E-state index is -0.0418. The van der Waals surface area contributed by atoms with Crippen LogP contribution in [-0.4, -0.2) is 59.9 Å². The van der Waals surface area contributed by atoms with Crippen molar-refractivity contribution in [3.8, 4) is 0 Å². The summed E-state index contributed by atoms with van der Waals surface area (Å²) in [5.74, 6) is 1.23. The molecule has 0 aromatic carbocycles. The maximum atomic E-state index is 12.3. The molecule has 1 aromatic heterocycles. The van der Waals surface area contributed by atoms with Crippen LogP contribution in [0.1, 0.15) is 49.6 Å². The molecule has 0 saturated carbocycles. The third kappa shape index (κ3) is 4.57. The molecule has 6 nitrogen and oxygen atoms in total. The van der Waals surface area contributed by atoms with Gasteiger partial charge in [0.25, 0.3) is 5.91 Å². The molecule has 2 unspecified atom stereocenters. The summed E-state index contributed by atoms with van der Waals surface area (Å²) in [6, 6.07) is 2.21. The lowest BCUT2D eigenvalue weighted by molar-refractivity contribution is 0.0941. The molecule has 6 heteroatoms. The summed E-state index contributed by atoms with van der Waals surface area (Å²) in [6.07, 6.45) is 5.41. The summed E-state index contributed by atoms with van der Waals surface area (Å²) < 4.78 is 1.95. The van der Waals surface area contributed by atoms with E-state index in [2.05, 4.69) is 34.5 Å². The Labute approximate surface area is 145 Å². The van der Waals surface area contributed by atoms with Crippen molar-refractivity contribution in [2.45, 2.75) is 39.2 Å². The van der Waals surface area contributed by atoms with E-state index in [9.17, 15) is 4.79 Å². The lowest BCUT2D eigenvalue weighted by atomic mass is 10.1. The van der Waals surface area contributed by atoms with E-state index in [1.54, 1.807) is 0 Å². The van der Waals surface area contributed by atoms with Gasteiger partial charge in [-0.3, -0.25) is 9.48 Å². The number of aromatic nitrogens is 2. The highest BCUT2D eigenvalue weighted by Gasteiger charge is 2.24. The van der Waals surface area contributed by atoms with Crippen LogP contribution in [0.5, 0.6) is 0 Å². The predicted molar refractivity (Wildman–Crippen MR) is 95.1 cm³/mol. The number of nitrogens with zero attached hydrogens (tertiary/aromatic N) is 3. The zero-order valence-electron chi connectivity index (χ0n) is 15.0. The van der Waals surface area contributed by atoms with Crippen LogP contribution in [-0.2, 0) is 0 Å². The Kier molecular flexibility index (Phi) is 5.89. The third-order valence-electron chi connectivity index (χ3n) is 5.03. The molecule has 24 heavy (non-hydrogen) atoms. The smallest absolute Gasteiger partial charge is 0.271 e. The van der Waals surface area contributed by atoms with Crippen LogP contribution in [0.2, 0.25) is 0 Å². The first-order chi connectivity index (χ1) is 11.6. The Morgan fingerprint density at radius 2 is 2.33 bits per heavy atom. The monoisotopic (exact) mass is 333 g/mol. The second-order valence-electron chi connectivity index (χ2n) is 7.70. The number of amides is 1. The first kappa shape index (κ1) is 17.4. The number of hydrogen-bond acceptors (Lipinski definition) is 4. The zero-order valence-corrected chi connectivity index (χ0v) is 15.0. The highest BCUT2D eigenvalue weighted by molar-refractivity contribution is 5.92. The van der Waals surface area contributed by atoms with Gasteiger partial charge in [0.2, 0.25) is 0 Å². The number of carbonyl (C=O) groups excluding carboxylic acids is 1. The van der Waals surface area contributed by atoms with E-state index < -0.39 is 0 Å². The number of carbonyl (C=O) groups is 1. The summed E-state index contributed by atoms with van der Waals surface area (Å²) in [5.41, 5.74) is 0.539. The van der Waals surface area contributed by atoms with Crippen LogP contribution in [0.4, 0.5) is 0 Å². The first-order valence-electron chi connectivity index (χ1n) is 9.38. The van der Waals surface area contributed by atoms with Gasteiger partial charge in [-0.1, -0.05) is 13.8 Å². The molecule has 0 radical (unpaired) electrons. The molecule has 0 spiro atoms. The van der Waals surface area contributed by atoms with Crippen LogP contribution in [0.15, 0.2) is 12.3 Å². The lowest BCUT2D eigenvalue weighted by Crippen LogP contribution is -2.33. The zero-order chi connectivity index (χ0) is 16.9. The van der Waals surface area contributed by atoms with E-state index in [1.807, 2.05) is 16.9 Å². The van der Waals surface area contributed by atoms with E-state index in [0.29, 0.717) is 23.6 Å². The quantitative estimate of drug-likeness (QED) is 0.828. The van der Waals surface area contributed by atoms with Crippen molar-refractivity contribution in [2.24, 2.45) is 11.8 Å². The average molecular weight is 333 g/mol. The van der Waals surface area contributed by atoms with E-state index in [4.69, 9.17) is 0 Å². The van der Waals surface area contributed by atoms with Crippen LogP contribution in [0.3, 0.4) is 0 Å². The largest absolute Gasteiger partial charge is 0.350 e. The molecule has 1 aromatic rings. The molecule has 2 aliphatic rings. The van der Waals surface area contributed by atoms with E-state index in [-0.39, 0.29) is 5.91 Å².